The zero-order valence-corrected chi connectivity index (χ0v) is 12.9. The first-order valence-corrected chi connectivity index (χ1v) is 7.63. The van der Waals surface area contributed by atoms with E-state index in [9.17, 15) is 9.90 Å². The quantitative estimate of drug-likeness (QED) is 0.807. The van der Waals surface area contributed by atoms with Gasteiger partial charge in [0, 0.05) is 12.6 Å². The van der Waals surface area contributed by atoms with Crippen molar-refractivity contribution in [1.82, 2.24) is 10.2 Å². The van der Waals surface area contributed by atoms with Crippen LogP contribution in [0.3, 0.4) is 0 Å². The molecule has 2 N–H and O–H groups in total. The van der Waals surface area contributed by atoms with Crippen LogP contribution in [0.4, 0.5) is 4.79 Å². The lowest BCUT2D eigenvalue weighted by Crippen LogP contribution is -2.50. The molecule has 0 unspecified atom stereocenters. The third-order valence-electron chi connectivity index (χ3n) is 4.00. The Kier molecular flexibility index (Phi) is 6.11. The van der Waals surface area contributed by atoms with Crippen molar-refractivity contribution in [2.24, 2.45) is 5.92 Å². The Hall–Kier alpha value is -0.770. The number of hydrogen-bond acceptors (Lipinski definition) is 2. The van der Waals surface area contributed by atoms with Gasteiger partial charge in [0.25, 0.3) is 0 Å². The van der Waals surface area contributed by atoms with Gasteiger partial charge in [-0.1, -0.05) is 13.3 Å². The maximum atomic E-state index is 12.2. The minimum absolute atomic E-state index is 0.0374. The molecule has 112 valence electrons. The third kappa shape index (κ3) is 5.81. The predicted octanol–water partition coefficient (Wildman–Crippen LogP) is 2.76. The monoisotopic (exact) mass is 270 g/mol. The molecular formula is C15H30N2O2. The van der Waals surface area contributed by atoms with Gasteiger partial charge in [-0.05, 0) is 52.4 Å². The lowest BCUT2D eigenvalue weighted by atomic mass is 9.84. The molecule has 1 aliphatic rings. The van der Waals surface area contributed by atoms with Crippen molar-refractivity contribution in [3.05, 3.63) is 0 Å². The Balaban J connectivity index is 2.41. The highest BCUT2D eigenvalue weighted by Gasteiger charge is 2.25. The SMILES string of the molecule is CCC1CCC(NC(=O)N(CC)CC(C)(C)O)CC1. The van der Waals surface area contributed by atoms with E-state index in [-0.39, 0.29) is 6.03 Å². The van der Waals surface area contributed by atoms with Crippen LogP contribution in [0.1, 0.15) is 59.8 Å². The predicted molar refractivity (Wildman–Crippen MR) is 78.1 cm³/mol. The lowest BCUT2D eigenvalue weighted by molar-refractivity contribution is 0.0472. The Bertz CT molecular complexity index is 278. The minimum Gasteiger partial charge on any atom is -0.389 e. The largest absolute Gasteiger partial charge is 0.389 e. The lowest BCUT2D eigenvalue weighted by Gasteiger charge is -2.32. The third-order valence-corrected chi connectivity index (χ3v) is 4.00. The summed E-state index contributed by atoms with van der Waals surface area (Å²) in [5.74, 6) is 0.840. The molecular weight excluding hydrogens is 240 g/mol. The van der Waals surface area contributed by atoms with Crippen LogP contribution in [-0.2, 0) is 0 Å². The van der Waals surface area contributed by atoms with Crippen molar-refractivity contribution in [3.63, 3.8) is 0 Å². The topological polar surface area (TPSA) is 52.6 Å². The number of urea groups is 1. The molecule has 4 heteroatoms. The number of carbonyl (C=O) groups is 1. The first-order valence-electron chi connectivity index (χ1n) is 7.63. The molecule has 1 saturated carbocycles. The molecule has 0 aromatic heterocycles. The maximum Gasteiger partial charge on any atom is 0.317 e. The standard InChI is InChI=1S/C15H30N2O2/c1-5-12-7-9-13(10-8-12)16-14(18)17(6-2)11-15(3,4)19/h12-13,19H,5-11H2,1-4H3,(H,16,18). The molecule has 0 atom stereocenters. The summed E-state index contributed by atoms with van der Waals surface area (Å²) in [6.07, 6.45) is 5.87. The van der Waals surface area contributed by atoms with Gasteiger partial charge < -0.3 is 15.3 Å². The molecule has 0 aliphatic heterocycles. The summed E-state index contributed by atoms with van der Waals surface area (Å²) in [5, 5.41) is 12.9. The van der Waals surface area contributed by atoms with Gasteiger partial charge in [0.1, 0.15) is 0 Å². The zero-order valence-electron chi connectivity index (χ0n) is 12.9. The highest BCUT2D eigenvalue weighted by Crippen LogP contribution is 2.26. The fourth-order valence-electron chi connectivity index (χ4n) is 2.78. The summed E-state index contributed by atoms with van der Waals surface area (Å²) in [5.41, 5.74) is -0.840. The number of amides is 2. The van der Waals surface area contributed by atoms with E-state index >= 15 is 0 Å². The van der Waals surface area contributed by atoms with Gasteiger partial charge in [-0.2, -0.15) is 0 Å². The van der Waals surface area contributed by atoms with E-state index in [0.717, 1.165) is 18.8 Å². The first-order chi connectivity index (χ1) is 8.85. The van der Waals surface area contributed by atoms with E-state index in [0.29, 0.717) is 19.1 Å². The second-order valence-corrected chi connectivity index (χ2v) is 6.40. The Labute approximate surface area is 117 Å². The molecule has 0 bridgehead atoms. The fraction of sp³-hybridized carbons (Fsp3) is 0.933. The molecule has 19 heavy (non-hydrogen) atoms. The number of hydrogen-bond donors (Lipinski definition) is 2. The van der Waals surface area contributed by atoms with E-state index in [4.69, 9.17) is 0 Å². The second kappa shape index (κ2) is 7.13. The molecule has 0 radical (unpaired) electrons. The van der Waals surface area contributed by atoms with Gasteiger partial charge >= 0.3 is 6.03 Å². The van der Waals surface area contributed by atoms with Crippen LogP contribution in [0.15, 0.2) is 0 Å². The number of aliphatic hydroxyl groups is 1. The number of likely N-dealkylation sites (N-methyl/N-ethyl adjacent to an activating group) is 1. The van der Waals surface area contributed by atoms with Crippen molar-refractivity contribution in [2.45, 2.75) is 71.4 Å². The maximum absolute atomic E-state index is 12.2. The highest BCUT2D eigenvalue weighted by atomic mass is 16.3. The molecule has 0 aromatic rings. The van der Waals surface area contributed by atoms with E-state index in [1.807, 2.05) is 6.92 Å². The van der Waals surface area contributed by atoms with E-state index < -0.39 is 5.60 Å². The molecule has 1 rings (SSSR count). The van der Waals surface area contributed by atoms with Crippen LogP contribution in [-0.4, -0.2) is 40.8 Å². The average molecular weight is 270 g/mol. The van der Waals surface area contributed by atoms with Crippen molar-refractivity contribution in [1.29, 1.82) is 0 Å². The Morgan fingerprint density at radius 3 is 2.26 bits per heavy atom. The van der Waals surface area contributed by atoms with Crippen LogP contribution in [0.25, 0.3) is 0 Å². The van der Waals surface area contributed by atoms with Crippen molar-refractivity contribution in [2.75, 3.05) is 13.1 Å². The van der Waals surface area contributed by atoms with Gasteiger partial charge in [0.2, 0.25) is 0 Å². The smallest absolute Gasteiger partial charge is 0.317 e. The van der Waals surface area contributed by atoms with E-state index in [1.165, 1.54) is 19.3 Å². The normalized spacial score (nSPS) is 24.1. The Morgan fingerprint density at radius 1 is 1.26 bits per heavy atom. The molecule has 1 fully saturated rings. The molecule has 0 saturated heterocycles. The highest BCUT2D eigenvalue weighted by molar-refractivity contribution is 5.74. The van der Waals surface area contributed by atoms with Crippen molar-refractivity contribution >= 4 is 6.03 Å². The summed E-state index contributed by atoms with van der Waals surface area (Å²) < 4.78 is 0. The molecule has 0 heterocycles. The summed E-state index contributed by atoms with van der Waals surface area (Å²) in [6.45, 7) is 8.65. The number of nitrogens with one attached hydrogen (secondary N) is 1. The van der Waals surface area contributed by atoms with Gasteiger partial charge in [-0.15, -0.1) is 0 Å². The second-order valence-electron chi connectivity index (χ2n) is 6.40. The summed E-state index contributed by atoms with van der Waals surface area (Å²) in [7, 11) is 0. The van der Waals surface area contributed by atoms with Crippen LogP contribution in [0.2, 0.25) is 0 Å². The Morgan fingerprint density at radius 2 is 1.84 bits per heavy atom. The molecule has 0 aromatic carbocycles. The first kappa shape index (κ1) is 16.3. The van der Waals surface area contributed by atoms with Crippen molar-refractivity contribution < 1.29 is 9.90 Å². The fourth-order valence-corrected chi connectivity index (χ4v) is 2.78. The van der Waals surface area contributed by atoms with Crippen LogP contribution < -0.4 is 5.32 Å². The number of rotatable bonds is 5. The number of nitrogens with zero attached hydrogens (tertiary/aromatic N) is 1. The van der Waals surface area contributed by atoms with Crippen LogP contribution in [0.5, 0.6) is 0 Å². The summed E-state index contributed by atoms with van der Waals surface area (Å²) >= 11 is 0. The van der Waals surface area contributed by atoms with Gasteiger partial charge in [0.05, 0.1) is 12.1 Å². The minimum atomic E-state index is -0.840. The van der Waals surface area contributed by atoms with E-state index in [2.05, 4.69) is 12.2 Å². The van der Waals surface area contributed by atoms with Gasteiger partial charge in [-0.25, -0.2) is 4.79 Å². The van der Waals surface area contributed by atoms with Crippen molar-refractivity contribution in [3.8, 4) is 0 Å². The van der Waals surface area contributed by atoms with Gasteiger partial charge in [0.15, 0.2) is 0 Å². The summed E-state index contributed by atoms with van der Waals surface area (Å²) in [6, 6.07) is 0.274. The van der Waals surface area contributed by atoms with Crippen LogP contribution in [0, 0.1) is 5.92 Å². The zero-order chi connectivity index (χ0) is 14.5. The van der Waals surface area contributed by atoms with Crippen LogP contribution >= 0.6 is 0 Å². The average Bonchev–Trinajstić information content (AvgIpc) is 2.35. The molecule has 4 nitrogen and oxygen atoms in total. The molecule has 2 amide bonds. The number of carbonyl (C=O) groups excluding carboxylic acids is 1. The summed E-state index contributed by atoms with van der Waals surface area (Å²) in [4.78, 5) is 13.9. The van der Waals surface area contributed by atoms with Gasteiger partial charge in [-0.3, -0.25) is 0 Å². The van der Waals surface area contributed by atoms with E-state index in [1.54, 1.807) is 18.7 Å². The molecule has 0 spiro atoms. The molecule has 1 aliphatic carbocycles.